The largest absolute Gasteiger partial charge is 0.405 e. The van der Waals surface area contributed by atoms with Gasteiger partial charge in [0.05, 0.1) is 12.5 Å². The fourth-order valence-corrected chi connectivity index (χ4v) is 3.06. The van der Waals surface area contributed by atoms with Gasteiger partial charge in [-0.25, -0.2) is 0 Å². The van der Waals surface area contributed by atoms with Gasteiger partial charge in [0, 0.05) is 18.7 Å². The molecule has 1 aliphatic heterocycles. The molecule has 0 aromatic heterocycles. The summed E-state index contributed by atoms with van der Waals surface area (Å²) in [7, 11) is 0. The van der Waals surface area contributed by atoms with E-state index in [1.807, 2.05) is 31.2 Å². The van der Waals surface area contributed by atoms with Gasteiger partial charge in [-0.2, -0.15) is 13.2 Å². The number of carbonyl (C=O) groups excluding carboxylic acids is 3. The Balaban J connectivity index is 1.96. The van der Waals surface area contributed by atoms with Crippen LogP contribution >= 0.6 is 0 Å². The van der Waals surface area contributed by atoms with Crippen LogP contribution in [0.1, 0.15) is 38.2 Å². The number of hydrogen-bond donors (Lipinski definition) is 2. The molecule has 1 aromatic rings. The average Bonchev–Trinajstić information content (AvgIpc) is 3.04. The van der Waals surface area contributed by atoms with Crippen molar-refractivity contribution < 1.29 is 27.6 Å². The number of rotatable bonds is 7. The highest BCUT2D eigenvalue weighted by Crippen LogP contribution is 2.33. The molecule has 1 saturated heterocycles. The molecular weight excluding hydrogens is 375 g/mol. The summed E-state index contributed by atoms with van der Waals surface area (Å²) in [5.41, 5.74) is 1.78. The average molecular weight is 399 g/mol. The van der Waals surface area contributed by atoms with E-state index in [1.165, 1.54) is 0 Å². The third kappa shape index (κ3) is 5.71. The van der Waals surface area contributed by atoms with Gasteiger partial charge < -0.3 is 15.5 Å². The molecule has 28 heavy (non-hydrogen) atoms. The Bertz CT molecular complexity index is 737. The molecule has 2 unspecified atom stereocenters. The van der Waals surface area contributed by atoms with E-state index < -0.39 is 37.0 Å². The first-order valence-corrected chi connectivity index (χ1v) is 9.12. The third-order valence-electron chi connectivity index (χ3n) is 4.78. The quantitative estimate of drug-likeness (QED) is 0.739. The summed E-state index contributed by atoms with van der Waals surface area (Å²) in [4.78, 5) is 37.7. The topological polar surface area (TPSA) is 78.5 Å². The summed E-state index contributed by atoms with van der Waals surface area (Å²) >= 11 is 0. The van der Waals surface area contributed by atoms with E-state index in [2.05, 4.69) is 12.2 Å². The summed E-state index contributed by atoms with van der Waals surface area (Å²) in [6.07, 6.45) is -3.62. The van der Waals surface area contributed by atoms with Crippen molar-refractivity contribution in [3.8, 4) is 0 Å². The second-order valence-electron chi connectivity index (χ2n) is 6.88. The van der Waals surface area contributed by atoms with E-state index in [9.17, 15) is 27.6 Å². The van der Waals surface area contributed by atoms with Gasteiger partial charge in [-0.3, -0.25) is 14.4 Å². The first-order chi connectivity index (χ1) is 13.1. The van der Waals surface area contributed by atoms with Crippen molar-refractivity contribution >= 4 is 23.4 Å². The Labute approximate surface area is 161 Å². The maximum absolute atomic E-state index is 12.4. The second-order valence-corrected chi connectivity index (χ2v) is 6.88. The van der Waals surface area contributed by atoms with Crippen molar-refractivity contribution in [3.05, 3.63) is 29.8 Å². The minimum absolute atomic E-state index is 0.00908. The van der Waals surface area contributed by atoms with E-state index in [0.29, 0.717) is 0 Å². The minimum Gasteiger partial charge on any atom is -0.347 e. The van der Waals surface area contributed by atoms with Crippen LogP contribution in [-0.2, 0) is 14.4 Å². The zero-order chi connectivity index (χ0) is 20.9. The molecule has 0 saturated carbocycles. The van der Waals surface area contributed by atoms with Crippen molar-refractivity contribution in [1.29, 1.82) is 0 Å². The van der Waals surface area contributed by atoms with Crippen LogP contribution in [0.25, 0.3) is 0 Å². The van der Waals surface area contributed by atoms with E-state index in [4.69, 9.17) is 0 Å². The number of alkyl halides is 3. The number of hydrogen-bond acceptors (Lipinski definition) is 3. The van der Waals surface area contributed by atoms with Gasteiger partial charge in [0.25, 0.3) is 0 Å². The van der Waals surface area contributed by atoms with Gasteiger partial charge in [-0.15, -0.1) is 0 Å². The van der Waals surface area contributed by atoms with Crippen LogP contribution in [0.2, 0.25) is 0 Å². The normalized spacial score (nSPS) is 18.1. The summed E-state index contributed by atoms with van der Waals surface area (Å²) < 4.78 is 36.2. The molecule has 9 heteroatoms. The monoisotopic (exact) mass is 399 g/mol. The predicted molar refractivity (Wildman–Crippen MR) is 97.7 cm³/mol. The molecule has 1 heterocycles. The number of nitrogens with zero attached hydrogens (tertiary/aromatic N) is 1. The summed E-state index contributed by atoms with van der Waals surface area (Å²) in [5.74, 6) is -2.08. The summed E-state index contributed by atoms with van der Waals surface area (Å²) in [6.45, 7) is 2.26. The van der Waals surface area contributed by atoms with Crippen LogP contribution in [0.4, 0.5) is 18.9 Å². The van der Waals surface area contributed by atoms with Gasteiger partial charge >= 0.3 is 6.18 Å². The molecule has 154 valence electrons. The SMILES string of the molecule is CCC(C)c1ccccc1N1CC(C(=O)NCC(=O)NCC(F)(F)F)CC1=O. The lowest BCUT2D eigenvalue weighted by Crippen LogP contribution is -2.42. The van der Waals surface area contributed by atoms with Crippen LogP contribution < -0.4 is 15.5 Å². The van der Waals surface area contributed by atoms with Crippen LogP contribution in [0.5, 0.6) is 0 Å². The van der Waals surface area contributed by atoms with Crippen molar-refractivity contribution in [1.82, 2.24) is 10.6 Å². The fraction of sp³-hybridized carbons (Fsp3) is 0.526. The van der Waals surface area contributed by atoms with Crippen molar-refractivity contribution in [2.24, 2.45) is 5.92 Å². The third-order valence-corrected chi connectivity index (χ3v) is 4.78. The number of carbonyl (C=O) groups is 3. The lowest BCUT2D eigenvalue weighted by Gasteiger charge is -2.23. The van der Waals surface area contributed by atoms with Crippen molar-refractivity contribution in [2.45, 2.75) is 38.8 Å². The number of halogens is 3. The second kappa shape index (κ2) is 9.07. The number of para-hydroxylation sites is 1. The molecule has 6 nitrogen and oxygen atoms in total. The number of amides is 3. The first-order valence-electron chi connectivity index (χ1n) is 9.12. The van der Waals surface area contributed by atoms with Crippen LogP contribution in [0.3, 0.4) is 0 Å². The zero-order valence-corrected chi connectivity index (χ0v) is 15.8. The maximum Gasteiger partial charge on any atom is 0.405 e. The minimum atomic E-state index is -4.51. The molecule has 0 spiro atoms. The lowest BCUT2D eigenvalue weighted by molar-refractivity contribution is -0.138. The Morgan fingerprint density at radius 1 is 1.25 bits per heavy atom. The van der Waals surface area contributed by atoms with Crippen LogP contribution in [0.15, 0.2) is 24.3 Å². The molecule has 2 rings (SSSR count). The van der Waals surface area contributed by atoms with Gasteiger partial charge in [0.15, 0.2) is 0 Å². The lowest BCUT2D eigenvalue weighted by atomic mass is 9.96. The Hall–Kier alpha value is -2.58. The standard InChI is InChI=1S/C19H24F3N3O3/c1-3-12(2)14-6-4-5-7-15(14)25-10-13(8-17(25)27)18(28)23-9-16(26)24-11-19(20,21)22/h4-7,12-13H,3,8-11H2,1-2H3,(H,23,28)(H,24,26). The van der Waals surface area contributed by atoms with Gasteiger partial charge in [-0.1, -0.05) is 32.0 Å². The van der Waals surface area contributed by atoms with Crippen molar-refractivity contribution in [2.75, 3.05) is 24.5 Å². The maximum atomic E-state index is 12.4. The summed E-state index contributed by atoms with van der Waals surface area (Å²) in [5, 5.41) is 3.99. The Morgan fingerprint density at radius 3 is 2.57 bits per heavy atom. The summed E-state index contributed by atoms with van der Waals surface area (Å²) in [6, 6.07) is 7.52. The van der Waals surface area contributed by atoms with E-state index in [1.54, 1.807) is 10.2 Å². The molecule has 1 aromatic carbocycles. The molecule has 3 amide bonds. The molecule has 0 radical (unpaired) electrons. The highest BCUT2D eigenvalue weighted by molar-refractivity contribution is 6.01. The molecule has 2 N–H and O–H groups in total. The molecule has 1 fully saturated rings. The predicted octanol–water partition coefficient (Wildman–Crippen LogP) is 2.35. The Morgan fingerprint density at radius 2 is 1.93 bits per heavy atom. The van der Waals surface area contributed by atoms with Gasteiger partial charge in [-0.05, 0) is 24.0 Å². The van der Waals surface area contributed by atoms with E-state index >= 15 is 0 Å². The van der Waals surface area contributed by atoms with Gasteiger partial charge in [0.2, 0.25) is 17.7 Å². The highest BCUT2D eigenvalue weighted by atomic mass is 19.4. The van der Waals surface area contributed by atoms with E-state index in [0.717, 1.165) is 17.7 Å². The molecule has 0 bridgehead atoms. The number of benzene rings is 1. The number of anilines is 1. The zero-order valence-electron chi connectivity index (χ0n) is 15.8. The van der Waals surface area contributed by atoms with Crippen LogP contribution in [0, 0.1) is 5.92 Å². The van der Waals surface area contributed by atoms with E-state index in [-0.39, 0.29) is 24.8 Å². The number of nitrogens with one attached hydrogen (secondary N) is 2. The fourth-order valence-electron chi connectivity index (χ4n) is 3.06. The highest BCUT2D eigenvalue weighted by Gasteiger charge is 2.36. The smallest absolute Gasteiger partial charge is 0.347 e. The molecule has 0 aliphatic carbocycles. The van der Waals surface area contributed by atoms with Crippen molar-refractivity contribution in [3.63, 3.8) is 0 Å². The van der Waals surface area contributed by atoms with Gasteiger partial charge in [0.1, 0.15) is 6.54 Å². The molecule has 1 aliphatic rings. The molecule has 2 atom stereocenters. The molecular formula is C19H24F3N3O3. The Kier molecular flexibility index (Phi) is 7.04. The van der Waals surface area contributed by atoms with Crippen LogP contribution in [-0.4, -0.2) is 43.5 Å². The first kappa shape index (κ1) is 21.7.